The molecule has 2 N–H and O–H groups in total. The number of aromatic nitrogens is 4. The highest BCUT2D eigenvalue weighted by Crippen LogP contribution is 2.32. The second-order valence-electron chi connectivity index (χ2n) is 7.66. The Balaban J connectivity index is 1.35. The number of hydrogen-bond acceptors (Lipinski definition) is 5. The molecule has 7 heteroatoms. The van der Waals surface area contributed by atoms with Crippen molar-refractivity contribution in [3.8, 4) is 22.6 Å². The van der Waals surface area contributed by atoms with E-state index in [9.17, 15) is 4.79 Å². The van der Waals surface area contributed by atoms with Crippen LogP contribution in [0.4, 0.5) is 0 Å². The zero-order valence-corrected chi connectivity index (χ0v) is 16.8. The van der Waals surface area contributed by atoms with E-state index < -0.39 is 0 Å². The topological polar surface area (TPSA) is 90.8 Å². The zero-order chi connectivity index (χ0) is 20.5. The number of hydrogen-bond donors (Lipinski definition) is 2. The molecular weight excluding hydrogens is 378 g/mol. The van der Waals surface area contributed by atoms with Gasteiger partial charge in [0, 0.05) is 12.1 Å². The molecule has 0 amide bonds. The van der Waals surface area contributed by atoms with E-state index in [2.05, 4.69) is 44.3 Å². The highest BCUT2D eigenvalue weighted by atomic mass is 16.4. The first-order chi connectivity index (χ1) is 14.7. The van der Waals surface area contributed by atoms with Crippen LogP contribution in [0.1, 0.15) is 36.2 Å². The molecule has 1 unspecified atom stereocenters. The Kier molecular flexibility index (Phi) is 4.80. The van der Waals surface area contributed by atoms with Gasteiger partial charge in [-0.05, 0) is 49.6 Å². The second kappa shape index (κ2) is 7.76. The minimum Gasteiger partial charge on any atom is -0.441 e. The summed E-state index contributed by atoms with van der Waals surface area (Å²) in [6.45, 7) is 3.55. The maximum atomic E-state index is 11.4. The number of rotatable bonds is 5. The second-order valence-corrected chi connectivity index (χ2v) is 7.66. The van der Waals surface area contributed by atoms with Crippen LogP contribution in [0.2, 0.25) is 0 Å². The minimum atomic E-state index is -0.268. The Morgan fingerprint density at radius 3 is 2.53 bits per heavy atom. The molecule has 1 aliphatic rings. The molecule has 0 radical (unpaired) electrons. The van der Waals surface area contributed by atoms with Crippen LogP contribution in [0, 0.1) is 6.92 Å². The number of aromatic amines is 2. The Labute approximate surface area is 173 Å². The molecule has 0 saturated carbocycles. The number of nitrogens with zero attached hydrogens (tertiary/aromatic N) is 3. The highest BCUT2D eigenvalue weighted by Gasteiger charge is 2.30. The van der Waals surface area contributed by atoms with E-state index in [1.165, 1.54) is 5.56 Å². The fourth-order valence-corrected chi connectivity index (χ4v) is 4.09. The smallest absolute Gasteiger partial charge is 0.340 e. The van der Waals surface area contributed by atoms with Crippen LogP contribution in [-0.2, 0) is 6.54 Å². The van der Waals surface area contributed by atoms with Crippen molar-refractivity contribution in [2.45, 2.75) is 32.4 Å². The molecular formula is C23H23N5O2. The van der Waals surface area contributed by atoms with Crippen molar-refractivity contribution in [3.63, 3.8) is 0 Å². The van der Waals surface area contributed by atoms with Crippen molar-refractivity contribution in [1.82, 2.24) is 25.1 Å². The van der Waals surface area contributed by atoms with Crippen molar-refractivity contribution >= 4 is 0 Å². The lowest BCUT2D eigenvalue weighted by molar-refractivity contribution is 0.236. The van der Waals surface area contributed by atoms with E-state index in [4.69, 9.17) is 9.40 Å². The molecule has 1 saturated heterocycles. The third kappa shape index (κ3) is 3.59. The standard InChI is InChI=1S/C23H23N5O2/c1-15-19(14-28-13-5-8-20(28)21-25-23(29)27-26-21)24-22(30-15)18-11-9-17(10-12-18)16-6-3-2-4-7-16/h2-4,6-7,9-12,20H,5,8,13-14H2,1H3,(H2,25,26,27,29). The maximum Gasteiger partial charge on any atom is 0.340 e. The fraction of sp³-hybridized carbons (Fsp3) is 0.261. The first-order valence-electron chi connectivity index (χ1n) is 10.2. The summed E-state index contributed by atoms with van der Waals surface area (Å²) in [5.74, 6) is 2.14. The number of likely N-dealkylation sites (tertiary alicyclic amines) is 1. The molecule has 1 fully saturated rings. The van der Waals surface area contributed by atoms with Gasteiger partial charge in [-0.3, -0.25) is 9.88 Å². The van der Waals surface area contributed by atoms with Crippen LogP contribution in [0.25, 0.3) is 22.6 Å². The molecule has 0 spiro atoms. The minimum absolute atomic E-state index is 0.0913. The molecule has 0 bridgehead atoms. The first-order valence-corrected chi connectivity index (χ1v) is 10.2. The van der Waals surface area contributed by atoms with Gasteiger partial charge >= 0.3 is 5.69 Å². The van der Waals surface area contributed by atoms with Crippen LogP contribution in [0.5, 0.6) is 0 Å². The lowest BCUT2D eigenvalue weighted by Gasteiger charge is -2.21. The molecule has 30 heavy (non-hydrogen) atoms. The van der Waals surface area contributed by atoms with Gasteiger partial charge in [-0.2, -0.15) is 5.10 Å². The highest BCUT2D eigenvalue weighted by molar-refractivity contribution is 5.67. The third-order valence-corrected chi connectivity index (χ3v) is 5.68. The van der Waals surface area contributed by atoms with Crippen LogP contribution in [0.15, 0.2) is 63.8 Å². The fourth-order valence-electron chi connectivity index (χ4n) is 4.09. The van der Waals surface area contributed by atoms with Gasteiger partial charge in [0.2, 0.25) is 5.89 Å². The van der Waals surface area contributed by atoms with Gasteiger partial charge in [-0.15, -0.1) is 0 Å². The Morgan fingerprint density at radius 1 is 1.07 bits per heavy atom. The van der Waals surface area contributed by atoms with E-state index >= 15 is 0 Å². The van der Waals surface area contributed by atoms with E-state index in [1.807, 2.05) is 37.3 Å². The Bertz CT molecular complexity index is 1190. The monoisotopic (exact) mass is 401 g/mol. The summed E-state index contributed by atoms with van der Waals surface area (Å²) in [6.07, 6.45) is 2.02. The number of benzene rings is 2. The van der Waals surface area contributed by atoms with E-state index in [-0.39, 0.29) is 11.7 Å². The number of nitrogens with one attached hydrogen (secondary N) is 2. The van der Waals surface area contributed by atoms with Crippen molar-refractivity contribution in [2.24, 2.45) is 0 Å². The van der Waals surface area contributed by atoms with Crippen LogP contribution < -0.4 is 5.69 Å². The van der Waals surface area contributed by atoms with Crippen molar-refractivity contribution in [2.75, 3.05) is 6.54 Å². The van der Waals surface area contributed by atoms with Crippen LogP contribution >= 0.6 is 0 Å². The number of oxazole rings is 1. The average molecular weight is 401 g/mol. The number of H-pyrrole nitrogens is 2. The Morgan fingerprint density at radius 2 is 1.80 bits per heavy atom. The molecule has 1 aliphatic heterocycles. The van der Waals surface area contributed by atoms with Gasteiger partial charge in [-0.25, -0.2) is 14.9 Å². The van der Waals surface area contributed by atoms with Crippen molar-refractivity contribution in [1.29, 1.82) is 0 Å². The molecule has 4 aromatic rings. The summed E-state index contributed by atoms with van der Waals surface area (Å²) < 4.78 is 5.98. The average Bonchev–Trinajstić information content (AvgIpc) is 3.50. The summed E-state index contributed by atoms with van der Waals surface area (Å²) in [5, 5.41) is 6.58. The van der Waals surface area contributed by atoms with Gasteiger partial charge in [-0.1, -0.05) is 42.5 Å². The first kappa shape index (κ1) is 18.6. The third-order valence-electron chi connectivity index (χ3n) is 5.68. The normalized spacial score (nSPS) is 16.9. The molecule has 0 aliphatic carbocycles. The van der Waals surface area contributed by atoms with E-state index in [1.54, 1.807) is 0 Å². The quantitative estimate of drug-likeness (QED) is 0.526. The zero-order valence-electron chi connectivity index (χ0n) is 16.8. The van der Waals surface area contributed by atoms with Crippen LogP contribution in [-0.4, -0.2) is 31.6 Å². The summed E-state index contributed by atoms with van der Waals surface area (Å²) in [4.78, 5) is 21.3. The molecule has 2 aromatic heterocycles. The summed E-state index contributed by atoms with van der Waals surface area (Å²) in [5.41, 5.74) is 3.96. The van der Waals surface area contributed by atoms with E-state index in [0.717, 1.165) is 42.0 Å². The number of aryl methyl sites for hydroxylation is 1. The summed E-state index contributed by atoms with van der Waals surface area (Å²) >= 11 is 0. The molecule has 3 heterocycles. The van der Waals surface area contributed by atoms with Gasteiger partial charge in [0.15, 0.2) is 0 Å². The van der Waals surface area contributed by atoms with Gasteiger partial charge in [0.05, 0.1) is 11.7 Å². The lowest BCUT2D eigenvalue weighted by Crippen LogP contribution is -2.24. The lowest BCUT2D eigenvalue weighted by atomic mass is 10.0. The molecule has 2 aromatic carbocycles. The largest absolute Gasteiger partial charge is 0.441 e. The van der Waals surface area contributed by atoms with Crippen molar-refractivity contribution in [3.05, 3.63) is 82.4 Å². The molecule has 1 atom stereocenters. The Hall–Kier alpha value is -3.45. The van der Waals surface area contributed by atoms with Crippen LogP contribution in [0.3, 0.4) is 0 Å². The maximum absolute atomic E-state index is 11.4. The SMILES string of the molecule is Cc1oc(-c2ccc(-c3ccccc3)cc2)nc1CN1CCCC1c1n[nH]c(=O)[nH]1. The van der Waals surface area contributed by atoms with Gasteiger partial charge < -0.3 is 4.42 Å². The van der Waals surface area contributed by atoms with Gasteiger partial charge in [0.25, 0.3) is 0 Å². The predicted molar refractivity (Wildman–Crippen MR) is 114 cm³/mol. The van der Waals surface area contributed by atoms with Gasteiger partial charge in [0.1, 0.15) is 11.6 Å². The van der Waals surface area contributed by atoms with E-state index in [0.29, 0.717) is 18.3 Å². The molecule has 152 valence electrons. The molecule has 5 rings (SSSR count). The summed E-state index contributed by atoms with van der Waals surface area (Å²) in [6, 6.07) is 18.7. The molecule has 7 nitrogen and oxygen atoms in total. The van der Waals surface area contributed by atoms with Crippen molar-refractivity contribution < 1.29 is 4.42 Å². The predicted octanol–water partition coefficient (Wildman–Crippen LogP) is 4.07. The summed E-state index contributed by atoms with van der Waals surface area (Å²) in [7, 11) is 0.